The van der Waals surface area contributed by atoms with Crippen LogP contribution in [-0.2, 0) is 19.7 Å². The monoisotopic (exact) mass is 338 g/mol. The third-order valence-corrected chi connectivity index (χ3v) is 4.52. The molecule has 2 unspecified atom stereocenters. The Morgan fingerprint density at radius 2 is 1.73 bits per heavy atom. The molecule has 9 heteroatoms. The summed E-state index contributed by atoms with van der Waals surface area (Å²) in [6, 6.07) is 0. The summed E-state index contributed by atoms with van der Waals surface area (Å²) in [7, 11) is -0.459. The molecule has 1 amide bonds. The summed E-state index contributed by atoms with van der Waals surface area (Å²) >= 11 is 0. The van der Waals surface area contributed by atoms with Gasteiger partial charge in [0.25, 0.3) is 0 Å². The van der Waals surface area contributed by atoms with E-state index in [0.717, 1.165) is 0 Å². The number of likely N-dealkylation sites (N-methyl/N-ethyl adjacent to an activating group) is 1. The van der Waals surface area contributed by atoms with Crippen LogP contribution in [0.1, 0.15) is 20.3 Å². The van der Waals surface area contributed by atoms with Gasteiger partial charge in [-0.25, -0.2) is 8.42 Å². The zero-order valence-corrected chi connectivity index (χ0v) is 14.4. The van der Waals surface area contributed by atoms with Crippen molar-refractivity contribution >= 4 is 22.0 Å². The summed E-state index contributed by atoms with van der Waals surface area (Å²) in [5, 5.41) is 11.5. The minimum absolute atomic E-state index is 0.263. The second kappa shape index (κ2) is 8.44. The Balaban J connectivity index is 4.16. The van der Waals surface area contributed by atoms with Gasteiger partial charge in [0.05, 0.1) is 49.8 Å². The lowest BCUT2D eigenvalue weighted by Gasteiger charge is -2.30. The normalized spacial score (nSPS) is 15.1. The highest BCUT2D eigenvalue weighted by molar-refractivity contribution is 7.85. The highest BCUT2D eigenvalue weighted by atomic mass is 32.2. The molecule has 0 aromatic heterocycles. The second-order valence-electron chi connectivity index (χ2n) is 6.20. The maximum absolute atomic E-state index is 11.8. The van der Waals surface area contributed by atoms with E-state index in [9.17, 15) is 22.6 Å². The van der Waals surface area contributed by atoms with E-state index in [0.29, 0.717) is 24.1 Å². The Kier molecular flexibility index (Phi) is 7.99. The zero-order valence-electron chi connectivity index (χ0n) is 13.5. The van der Waals surface area contributed by atoms with Crippen LogP contribution < -0.4 is 5.32 Å². The van der Waals surface area contributed by atoms with Crippen LogP contribution in [-0.4, -0.2) is 73.9 Å². The minimum Gasteiger partial charge on any atom is -0.748 e. The molecular formula is C13H26N2O6S. The standard InChI is InChI=1S/C13H26N2O6S/c1-10(11(2)13(17)18)12(16)14-6-8-15(3,4)7-5-9-22(19,20)21/h10-11H,5-9H2,1-4H3,(H2-,14,16,17,18,19,20,21). The summed E-state index contributed by atoms with van der Waals surface area (Å²) < 4.78 is 32.1. The largest absolute Gasteiger partial charge is 0.748 e. The molecule has 0 aliphatic heterocycles. The van der Waals surface area contributed by atoms with Gasteiger partial charge in [-0.05, 0) is 0 Å². The Hall–Kier alpha value is -1.19. The SMILES string of the molecule is CC(C(=O)O)C(C)C(=O)NCC[N+](C)(C)CCCS(=O)(=O)[O-]. The number of hydrogen-bond donors (Lipinski definition) is 2. The van der Waals surface area contributed by atoms with E-state index in [1.165, 1.54) is 6.92 Å². The number of nitrogens with zero attached hydrogens (tertiary/aromatic N) is 1. The van der Waals surface area contributed by atoms with Crippen molar-refractivity contribution in [2.45, 2.75) is 20.3 Å². The van der Waals surface area contributed by atoms with Crippen LogP contribution in [0.15, 0.2) is 0 Å². The smallest absolute Gasteiger partial charge is 0.307 e. The molecule has 0 heterocycles. The molecule has 0 saturated heterocycles. The van der Waals surface area contributed by atoms with Crippen LogP contribution in [0.2, 0.25) is 0 Å². The van der Waals surface area contributed by atoms with Crippen LogP contribution in [0.4, 0.5) is 0 Å². The number of carboxylic acid groups (broad SMARTS) is 1. The van der Waals surface area contributed by atoms with Crippen molar-refractivity contribution in [3.05, 3.63) is 0 Å². The van der Waals surface area contributed by atoms with E-state index < -0.39 is 33.7 Å². The first-order valence-corrected chi connectivity index (χ1v) is 8.69. The van der Waals surface area contributed by atoms with Crippen LogP contribution in [0.3, 0.4) is 0 Å². The number of quaternary nitrogens is 1. The summed E-state index contributed by atoms with van der Waals surface area (Å²) in [6.07, 6.45) is 0.263. The van der Waals surface area contributed by atoms with Gasteiger partial charge in [0.2, 0.25) is 5.91 Å². The van der Waals surface area contributed by atoms with Crippen LogP contribution in [0.5, 0.6) is 0 Å². The van der Waals surface area contributed by atoms with Gasteiger partial charge in [0.15, 0.2) is 0 Å². The summed E-state index contributed by atoms with van der Waals surface area (Å²) in [4.78, 5) is 22.6. The van der Waals surface area contributed by atoms with E-state index in [-0.39, 0.29) is 12.3 Å². The fraction of sp³-hybridized carbons (Fsp3) is 0.846. The number of hydrogen-bond acceptors (Lipinski definition) is 5. The van der Waals surface area contributed by atoms with Gasteiger partial charge < -0.3 is 19.5 Å². The van der Waals surface area contributed by atoms with Crippen LogP contribution in [0.25, 0.3) is 0 Å². The summed E-state index contributed by atoms with van der Waals surface area (Å²) in [6.45, 7) is 4.45. The third kappa shape index (κ3) is 8.96. The molecule has 0 aliphatic rings. The molecule has 22 heavy (non-hydrogen) atoms. The Morgan fingerprint density at radius 3 is 2.18 bits per heavy atom. The highest BCUT2D eigenvalue weighted by Crippen LogP contribution is 2.11. The number of aliphatic carboxylic acids is 1. The summed E-state index contributed by atoms with van der Waals surface area (Å²) in [5.74, 6) is -3.12. The van der Waals surface area contributed by atoms with Crippen molar-refractivity contribution < 1.29 is 32.1 Å². The number of rotatable bonds is 10. The average molecular weight is 338 g/mol. The second-order valence-corrected chi connectivity index (χ2v) is 7.73. The number of carboxylic acids is 1. The first-order chi connectivity index (χ1) is 9.86. The van der Waals surface area contributed by atoms with Crippen molar-refractivity contribution in [3.8, 4) is 0 Å². The van der Waals surface area contributed by atoms with E-state index >= 15 is 0 Å². The molecule has 8 nitrogen and oxygen atoms in total. The van der Waals surface area contributed by atoms with Crippen molar-refractivity contribution in [1.82, 2.24) is 5.32 Å². The fourth-order valence-corrected chi connectivity index (χ4v) is 2.35. The topological polar surface area (TPSA) is 124 Å². The third-order valence-electron chi connectivity index (χ3n) is 3.73. The van der Waals surface area contributed by atoms with Gasteiger partial charge in [0.1, 0.15) is 0 Å². The van der Waals surface area contributed by atoms with Gasteiger partial charge >= 0.3 is 5.97 Å². The molecule has 0 fully saturated rings. The van der Waals surface area contributed by atoms with Gasteiger partial charge in [-0.1, -0.05) is 13.8 Å². The lowest BCUT2D eigenvalue weighted by Crippen LogP contribution is -2.47. The Morgan fingerprint density at radius 1 is 1.18 bits per heavy atom. The number of amides is 1. The minimum atomic E-state index is -4.19. The molecule has 0 aliphatic carbocycles. The lowest BCUT2D eigenvalue weighted by atomic mass is 9.95. The molecule has 0 spiro atoms. The average Bonchev–Trinajstić information content (AvgIpc) is 2.34. The molecule has 2 N–H and O–H groups in total. The maximum Gasteiger partial charge on any atom is 0.307 e. The van der Waals surface area contributed by atoms with Crippen molar-refractivity contribution in [2.75, 3.05) is 39.5 Å². The van der Waals surface area contributed by atoms with E-state index in [4.69, 9.17) is 5.11 Å². The quantitative estimate of drug-likeness (QED) is 0.408. The zero-order chi connectivity index (χ0) is 17.6. The van der Waals surface area contributed by atoms with E-state index in [1.807, 2.05) is 14.1 Å². The molecule has 130 valence electrons. The molecular weight excluding hydrogens is 312 g/mol. The van der Waals surface area contributed by atoms with Crippen LogP contribution >= 0.6 is 0 Å². The molecule has 0 bridgehead atoms. The van der Waals surface area contributed by atoms with Gasteiger partial charge in [-0.15, -0.1) is 0 Å². The van der Waals surface area contributed by atoms with Crippen molar-refractivity contribution in [3.63, 3.8) is 0 Å². The number of carbonyl (C=O) groups excluding carboxylic acids is 1. The van der Waals surface area contributed by atoms with Crippen molar-refractivity contribution in [2.24, 2.45) is 11.8 Å². The van der Waals surface area contributed by atoms with Crippen molar-refractivity contribution in [1.29, 1.82) is 0 Å². The van der Waals surface area contributed by atoms with E-state index in [2.05, 4.69) is 5.32 Å². The fourth-order valence-electron chi connectivity index (χ4n) is 1.86. The van der Waals surface area contributed by atoms with Gasteiger partial charge in [-0.2, -0.15) is 0 Å². The van der Waals surface area contributed by atoms with Crippen LogP contribution in [0, 0.1) is 11.8 Å². The molecule has 0 saturated carbocycles. The van der Waals surface area contributed by atoms with E-state index in [1.54, 1.807) is 6.92 Å². The van der Waals surface area contributed by atoms with Gasteiger partial charge in [-0.3, -0.25) is 9.59 Å². The first kappa shape index (κ1) is 20.8. The Labute approximate surface area is 131 Å². The predicted molar refractivity (Wildman–Crippen MR) is 80.0 cm³/mol. The predicted octanol–water partition coefficient (Wildman–Crippen LogP) is -0.529. The molecule has 0 radical (unpaired) electrons. The summed E-state index contributed by atoms with van der Waals surface area (Å²) in [5.41, 5.74) is 0. The highest BCUT2D eigenvalue weighted by Gasteiger charge is 2.26. The first-order valence-electron chi connectivity index (χ1n) is 7.12. The molecule has 0 aromatic rings. The maximum atomic E-state index is 11.8. The number of nitrogens with one attached hydrogen (secondary N) is 1. The lowest BCUT2D eigenvalue weighted by molar-refractivity contribution is -0.889. The number of carbonyl (C=O) groups is 2. The molecule has 2 atom stereocenters. The Bertz CT molecular complexity index is 489. The molecule has 0 rings (SSSR count). The van der Waals surface area contributed by atoms with Gasteiger partial charge in [0, 0.05) is 18.1 Å². The molecule has 0 aromatic carbocycles.